The van der Waals surface area contributed by atoms with Gasteiger partial charge in [-0.3, -0.25) is 0 Å². The predicted octanol–water partition coefficient (Wildman–Crippen LogP) is 3.83. The summed E-state index contributed by atoms with van der Waals surface area (Å²) >= 11 is 10.8. The highest BCUT2D eigenvalue weighted by atomic mass is 35.5. The van der Waals surface area contributed by atoms with Gasteiger partial charge in [-0.15, -0.1) is 0 Å². The van der Waals surface area contributed by atoms with Gasteiger partial charge in [0.2, 0.25) is 0 Å². The van der Waals surface area contributed by atoms with E-state index >= 15 is 0 Å². The van der Waals surface area contributed by atoms with E-state index in [1.807, 2.05) is 0 Å². The number of ether oxygens (including phenoxy) is 1. The van der Waals surface area contributed by atoms with E-state index in [-0.39, 0.29) is 11.6 Å². The van der Waals surface area contributed by atoms with E-state index in [4.69, 9.17) is 34.3 Å². The van der Waals surface area contributed by atoms with Crippen LogP contribution in [-0.2, 0) is 6.61 Å². The second-order valence-electron chi connectivity index (χ2n) is 4.04. The van der Waals surface area contributed by atoms with E-state index in [2.05, 4.69) is 0 Å². The topological polar surface area (TPSA) is 35.2 Å². The van der Waals surface area contributed by atoms with Gasteiger partial charge < -0.3 is 10.5 Å². The quantitative estimate of drug-likeness (QED) is 0.871. The lowest BCUT2D eigenvalue weighted by atomic mass is 10.2. The Balaban J connectivity index is 2.09. The van der Waals surface area contributed by atoms with Gasteiger partial charge in [-0.05, 0) is 35.9 Å². The number of rotatable bonds is 4. The van der Waals surface area contributed by atoms with Gasteiger partial charge in [-0.1, -0.05) is 29.9 Å². The summed E-state index contributed by atoms with van der Waals surface area (Å²) in [5.74, 6) is -1.31. The van der Waals surface area contributed by atoms with Gasteiger partial charge in [0.15, 0.2) is 11.6 Å². The minimum atomic E-state index is -0.909. The lowest BCUT2D eigenvalue weighted by Crippen LogP contribution is -2.09. The number of nitrogens with two attached hydrogens (primary N) is 1. The Morgan fingerprint density at radius 2 is 1.90 bits per heavy atom. The van der Waals surface area contributed by atoms with Crippen LogP contribution in [0.3, 0.4) is 0 Å². The Labute approximate surface area is 125 Å². The molecule has 2 rings (SSSR count). The van der Waals surface area contributed by atoms with Crippen molar-refractivity contribution in [3.63, 3.8) is 0 Å². The molecule has 0 aliphatic rings. The van der Waals surface area contributed by atoms with Crippen molar-refractivity contribution in [1.82, 2.24) is 0 Å². The minimum Gasteiger partial charge on any atom is -0.489 e. The van der Waals surface area contributed by atoms with E-state index in [1.165, 1.54) is 6.07 Å². The highest BCUT2D eigenvalue weighted by Crippen LogP contribution is 2.23. The molecule has 20 heavy (non-hydrogen) atoms. The molecule has 0 bridgehead atoms. The minimum absolute atomic E-state index is 0.0972. The average Bonchev–Trinajstić information content (AvgIpc) is 2.40. The van der Waals surface area contributed by atoms with Gasteiger partial charge >= 0.3 is 0 Å². The monoisotopic (exact) mass is 313 g/mol. The third kappa shape index (κ3) is 3.43. The fourth-order valence-corrected chi connectivity index (χ4v) is 2.09. The molecule has 0 fully saturated rings. The molecule has 0 saturated carbocycles. The van der Waals surface area contributed by atoms with Crippen LogP contribution in [0.1, 0.15) is 11.1 Å². The second-order valence-corrected chi connectivity index (χ2v) is 4.89. The van der Waals surface area contributed by atoms with Crippen LogP contribution in [0.15, 0.2) is 36.4 Å². The highest BCUT2D eigenvalue weighted by Gasteiger charge is 2.06. The first-order valence-corrected chi connectivity index (χ1v) is 6.42. The number of benzene rings is 2. The van der Waals surface area contributed by atoms with E-state index in [0.717, 1.165) is 12.1 Å². The van der Waals surface area contributed by atoms with Gasteiger partial charge in [-0.2, -0.15) is 0 Å². The molecule has 0 radical (unpaired) electrons. The Morgan fingerprint density at radius 1 is 1.15 bits per heavy atom. The lowest BCUT2D eigenvalue weighted by molar-refractivity contribution is 0.305. The van der Waals surface area contributed by atoms with Gasteiger partial charge in [-0.25, -0.2) is 8.78 Å². The van der Waals surface area contributed by atoms with E-state index < -0.39 is 11.6 Å². The molecule has 2 nitrogen and oxygen atoms in total. The van der Waals surface area contributed by atoms with Crippen molar-refractivity contribution >= 4 is 28.8 Å². The summed E-state index contributed by atoms with van der Waals surface area (Å²) in [6, 6.07) is 8.45. The fourth-order valence-electron chi connectivity index (χ4n) is 1.58. The molecule has 0 heterocycles. The zero-order chi connectivity index (χ0) is 14.7. The van der Waals surface area contributed by atoms with Crippen LogP contribution in [0.5, 0.6) is 5.75 Å². The molecule has 6 heteroatoms. The maximum absolute atomic E-state index is 13.0. The third-order valence-corrected chi connectivity index (χ3v) is 3.13. The van der Waals surface area contributed by atoms with Crippen molar-refractivity contribution in [3.05, 3.63) is 64.2 Å². The number of halogens is 3. The van der Waals surface area contributed by atoms with Gasteiger partial charge in [0.05, 0.1) is 5.02 Å². The van der Waals surface area contributed by atoms with Crippen molar-refractivity contribution in [1.29, 1.82) is 0 Å². The Kier molecular flexibility index (Phi) is 4.52. The predicted molar refractivity (Wildman–Crippen MR) is 78.0 cm³/mol. The van der Waals surface area contributed by atoms with Crippen molar-refractivity contribution in [2.45, 2.75) is 6.61 Å². The van der Waals surface area contributed by atoms with Gasteiger partial charge in [0.1, 0.15) is 17.3 Å². The molecule has 2 aromatic rings. The molecule has 0 saturated heterocycles. The van der Waals surface area contributed by atoms with Crippen molar-refractivity contribution in [2.24, 2.45) is 5.73 Å². The van der Waals surface area contributed by atoms with E-state index in [1.54, 1.807) is 18.2 Å². The van der Waals surface area contributed by atoms with Gasteiger partial charge in [0, 0.05) is 5.56 Å². The molecule has 0 spiro atoms. The van der Waals surface area contributed by atoms with Gasteiger partial charge in [0.25, 0.3) is 0 Å². The zero-order valence-electron chi connectivity index (χ0n) is 10.2. The summed E-state index contributed by atoms with van der Waals surface area (Å²) in [6.45, 7) is 0.0972. The Morgan fingerprint density at radius 3 is 2.50 bits per heavy atom. The normalized spacial score (nSPS) is 10.3. The lowest BCUT2D eigenvalue weighted by Gasteiger charge is -2.09. The molecule has 0 amide bonds. The largest absolute Gasteiger partial charge is 0.489 e. The second kappa shape index (κ2) is 6.15. The molecule has 0 aromatic heterocycles. The number of thiocarbonyl (C=S) groups is 1. The standard InChI is InChI=1S/C14H10ClF2NOS/c15-11-6-9(2-3-10(11)14(18)20)19-7-8-1-4-12(16)13(17)5-8/h1-6H,7H2,(H2,18,20). The van der Waals surface area contributed by atoms with Crippen molar-refractivity contribution in [2.75, 3.05) is 0 Å². The molecule has 0 aliphatic carbocycles. The zero-order valence-corrected chi connectivity index (χ0v) is 11.8. The Bertz CT molecular complexity index is 664. The summed E-state index contributed by atoms with van der Waals surface area (Å²) < 4.78 is 31.3. The summed E-state index contributed by atoms with van der Waals surface area (Å²) in [4.78, 5) is 0.196. The summed E-state index contributed by atoms with van der Waals surface area (Å²) in [7, 11) is 0. The maximum Gasteiger partial charge on any atom is 0.159 e. The summed E-state index contributed by atoms with van der Waals surface area (Å²) in [6.07, 6.45) is 0. The molecular weight excluding hydrogens is 304 g/mol. The van der Waals surface area contributed by atoms with Crippen LogP contribution < -0.4 is 10.5 Å². The Hall–Kier alpha value is -1.72. The fraction of sp³-hybridized carbons (Fsp3) is 0.0714. The SMILES string of the molecule is NC(=S)c1ccc(OCc2ccc(F)c(F)c2)cc1Cl. The van der Waals surface area contributed by atoms with Crippen LogP contribution in [0.4, 0.5) is 8.78 Å². The molecule has 0 atom stereocenters. The first-order chi connectivity index (χ1) is 9.47. The summed E-state index contributed by atoms with van der Waals surface area (Å²) in [5.41, 5.74) is 6.56. The van der Waals surface area contributed by atoms with E-state index in [0.29, 0.717) is 21.9 Å². The average molecular weight is 314 g/mol. The summed E-state index contributed by atoms with van der Waals surface area (Å²) in [5, 5.41) is 0.375. The third-order valence-electron chi connectivity index (χ3n) is 2.60. The van der Waals surface area contributed by atoms with Crippen LogP contribution >= 0.6 is 23.8 Å². The molecule has 0 unspecified atom stereocenters. The van der Waals surface area contributed by atoms with Crippen molar-refractivity contribution in [3.8, 4) is 5.75 Å². The molecule has 104 valence electrons. The molecule has 2 aromatic carbocycles. The first-order valence-electron chi connectivity index (χ1n) is 5.63. The van der Waals surface area contributed by atoms with Crippen LogP contribution in [-0.4, -0.2) is 4.99 Å². The first kappa shape index (κ1) is 14.7. The highest BCUT2D eigenvalue weighted by molar-refractivity contribution is 7.80. The number of hydrogen-bond acceptors (Lipinski definition) is 2. The molecular formula is C14H10ClF2NOS. The van der Waals surface area contributed by atoms with Crippen LogP contribution in [0.2, 0.25) is 5.02 Å². The van der Waals surface area contributed by atoms with Crippen LogP contribution in [0, 0.1) is 11.6 Å². The number of hydrogen-bond donors (Lipinski definition) is 1. The smallest absolute Gasteiger partial charge is 0.159 e. The molecule has 0 aliphatic heterocycles. The van der Waals surface area contributed by atoms with Crippen molar-refractivity contribution < 1.29 is 13.5 Å². The maximum atomic E-state index is 13.0. The van der Waals surface area contributed by atoms with E-state index in [9.17, 15) is 8.78 Å². The molecule has 2 N–H and O–H groups in total. The van der Waals surface area contributed by atoms with Crippen LogP contribution in [0.25, 0.3) is 0 Å².